The van der Waals surface area contributed by atoms with Gasteiger partial charge in [0, 0.05) is 6.54 Å². The Morgan fingerprint density at radius 3 is 2.42 bits per heavy atom. The van der Waals surface area contributed by atoms with E-state index in [1.54, 1.807) is 6.92 Å². The molecule has 5 unspecified atom stereocenters. The lowest BCUT2D eigenvalue weighted by Crippen LogP contribution is -2.61. The molecule has 0 spiro atoms. The van der Waals surface area contributed by atoms with Crippen molar-refractivity contribution in [1.82, 2.24) is 21.1 Å². The lowest BCUT2D eigenvalue weighted by molar-refractivity contribution is -0.143. The summed E-state index contributed by atoms with van der Waals surface area (Å²) in [6, 6.07) is 6.06. The number of aryl methyl sites for hydroxylation is 1. The summed E-state index contributed by atoms with van der Waals surface area (Å²) >= 11 is 0. The minimum atomic E-state index is -0.871. The summed E-state index contributed by atoms with van der Waals surface area (Å²) in [6.45, 7) is 15.5. The van der Waals surface area contributed by atoms with E-state index >= 15 is 0 Å². The molecular formula is C33H53N5O5. The highest BCUT2D eigenvalue weighted by Gasteiger charge is 2.34. The number of carbonyl (C=O) groups is 4. The van der Waals surface area contributed by atoms with E-state index < -0.39 is 41.5 Å². The Hall–Kier alpha value is -3.24. The number of nitrogens with zero attached hydrogens (tertiary/aromatic N) is 1. The minimum absolute atomic E-state index is 0.227. The lowest BCUT2D eigenvalue weighted by Gasteiger charge is -2.34. The second-order valence-corrected chi connectivity index (χ2v) is 12.8. The Balaban J connectivity index is 2.04. The number of carbonyl (C=O) groups excluding carboxylic acids is 4. The fourth-order valence-corrected chi connectivity index (χ4v) is 5.00. The molecule has 10 heteroatoms. The molecule has 2 rings (SSSR count). The summed E-state index contributed by atoms with van der Waals surface area (Å²) in [5.74, 6) is -2.40. The van der Waals surface area contributed by atoms with Gasteiger partial charge in [-0.25, -0.2) is 5.43 Å². The zero-order valence-corrected chi connectivity index (χ0v) is 27.2. The van der Waals surface area contributed by atoms with Crippen molar-refractivity contribution in [3.8, 4) is 0 Å². The van der Waals surface area contributed by atoms with Crippen molar-refractivity contribution in [1.29, 1.82) is 0 Å². The highest BCUT2D eigenvalue weighted by molar-refractivity contribution is 5.92. The lowest BCUT2D eigenvalue weighted by atomic mass is 9.95. The number of allylic oxidation sites excluding steroid dienone is 1. The molecule has 0 radical (unpaired) electrons. The van der Waals surface area contributed by atoms with Gasteiger partial charge in [0.15, 0.2) is 0 Å². The van der Waals surface area contributed by atoms with E-state index in [2.05, 4.69) is 59.4 Å². The van der Waals surface area contributed by atoms with Gasteiger partial charge < -0.3 is 21.1 Å². The predicted octanol–water partition coefficient (Wildman–Crippen LogP) is 3.49. The first-order chi connectivity index (χ1) is 20.1. The third kappa shape index (κ3) is 11.8. The van der Waals surface area contributed by atoms with Crippen LogP contribution in [0.2, 0.25) is 0 Å². The summed E-state index contributed by atoms with van der Waals surface area (Å²) in [7, 11) is 0. The first-order valence-electron chi connectivity index (χ1n) is 15.5. The number of hydrogen-bond acceptors (Lipinski definition) is 6. The Kier molecular flexibility index (Phi) is 13.9. The SMILES string of the molecule is CCc1cccc(/C=C/CCC(OC(C)(C)C)C(C)C(=O)NC(C(=O)NC(C)C(=O)N2CCCC(C(N)=O)N2)C(C)C)c1. The van der Waals surface area contributed by atoms with Crippen LogP contribution in [0.4, 0.5) is 0 Å². The van der Waals surface area contributed by atoms with Gasteiger partial charge >= 0.3 is 0 Å². The van der Waals surface area contributed by atoms with Gasteiger partial charge in [-0.3, -0.25) is 24.2 Å². The van der Waals surface area contributed by atoms with Gasteiger partial charge in [0.25, 0.3) is 5.91 Å². The van der Waals surface area contributed by atoms with Crippen LogP contribution in [-0.2, 0) is 30.3 Å². The number of nitrogens with one attached hydrogen (secondary N) is 3. The molecule has 1 aromatic carbocycles. The quantitative estimate of drug-likeness (QED) is 0.258. The van der Waals surface area contributed by atoms with E-state index in [0.29, 0.717) is 25.8 Å². The molecule has 5 N–H and O–H groups in total. The number of amides is 4. The van der Waals surface area contributed by atoms with Crippen molar-refractivity contribution < 1.29 is 23.9 Å². The van der Waals surface area contributed by atoms with Gasteiger partial charge in [-0.1, -0.05) is 64.1 Å². The van der Waals surface area contributed by atoms with E-state index in [1.807, 2.05) is 41.5 Å². The summed E-state index contributed by atoms with van der Waals surface area (Å²) in [6.07, 6.45) is 7.33. The molecule has 0 bridgehead atoms. The number of hydrogen-bond donors (Lipinski definition) is 4. The molecule has 240 valence electrons. The normalized spacial score (nSPS) is 18.6. The van der Waals surface area contributed by atoms with E-state index in [4.69, 9.17) is 10.5 Å². The Bertz CT molecular complexity index is 1130. The van der Waals surface area contributed by atoms with Gasteiger partial charge in [-0.05, 0) is 76.8 Å². The van der Waals surface area contributed by atoms with E-state index in [1.165, 1.54) is 10.6 Å². The van der Waals surface area contributed by atoms with Gasteiger partial charge in [-0.2, -0.15) is 0 Å². The Morgan fingerprint density at radius 2 is 1.81 bits per heavy atom. The zero-order valence-electron chi connectivity index (χ0n) is 27.2. The van der Waals surface area contributed by atoms with Gasteiger partial charge in [-0.15, -0.1) is 0 Å². The van der Waals surface area contributed by atoms with Crippen LogP contribution in [0.15, 0.2) is 30.3 Å². The van der Waals surface area contributed by atoms with E-state index in [-0.39, 0.29) is 23.8 Å². The topological polar surface area (TPSA) is 143 Å². The molecule has 0 aromatic heterocycles. The molecule has 1 aliphatic heterocycles. The van der Waals surface area contributed by atoms with E-state index in [0.717, 1.165) is 18.4 Å². The maximum atomic E-state index is 13.5. The summed E-state index contributed by atoms with van der Waals surface area (Å²) in [5.41, 5.74) is 10.2. The molecule has 5 atom stereocenters. The average molecular weight is 600 g/mol. The first-order valence-corrected chi connectivity index (χ1v) is 15.5. The van der Waals surface area contributed by atoms with Crippen molar-refractivity contribution in [3.05, 3.63) is 41.5 Å². The highest BCUT2D eigenvalue weighted by atomic mass is 16.5. The molecule has 1 fully saturated rings. The van der Waals surface area contributed by atoms with Crippen LogP contribution in [0, 0.1) is 11.8 Å². The van der Waals surface area contributed by atoms with Crippen LogP contribution >= 0.6 is 0 Å². The second kappa shape index (κ2) is 16.6. The molecule has 1 saturated heterocycles. The van der Waals surface area contributed by atoms with Crippen LogP contribution in [-0.4, -0.2) is 65.0 Å². The smallest absolute Gasteiger partial charge is 0.258 e. The maximum absolute atomic E-state index is 13.5. The van der Waals surface area contributed by atoms with Crippen molar-refractivity contribution in [2.45, 2.75) is 117 Å². The average Bonchev–Trinajstić information content (AvgIpc) is 2.95. The number of primary amides is 1. The Labute approximate surface area is 257 Å². The second-order valence-electron chi connectivity index (χ2n) is 12.8. The fraction of sp³-hybridized carbons (Fsp3) is 0.636. The van der Waals surface area contributed by atoms with Crippen LogP contribution in [0.5, 0.6) is 0 Å². The number of nitrogens with two attached hydrogens (primary N) is 1. The molecule has 1 aromatic rings. The third-order valence-electron chi connectivity index (χ3n) is 7.54. The van der Waals surface area contributed by atoms with Crippen LogP contribution in [0.3, 0.4) is 0 Å². The van der Waals surface area contributed by atoms with Crippen LogP contribution in [0.1, 0.15) is 92.2 Å². The van der Waals surface area contributed by atoms with Crippen molar-refractivity contribution in [2.24, 2.45) is 17.6 Å². The number of rotatable bonds is 14. The van der Waals surface area contributed by atoms with Crippen molar-refractivity contribution in [2.75, 3.05) is 6.54 Å². The molecule has 0 saturated carbocycles. The molecule has 10 nitrogen and oxygen atoms in total. The van der Waals surface area contributed by atoms with Gasteiger partial charge in [0.1, 0.15) is 18.1 Å². The first kappa shape index (κ1) is 36.0. The molecule has 1 heterocycles. The van der Waals surface area contributed by atoms with Crippen molar-refractivity contribution in [3.63, 3.8) is 0 Å². The summed E-state index contributed by atoms with van der Waals surface area (Å²) in [5, 5.41) is 6.98. The van der Waals surface area contributed by atoms with Crippen LogP contribution < -0.4 is 21.8 Å². The third-order valence-corrected chi connectivity index (χ3v) is 7.54. The number of benzene rings is 1. The molecular weight excluding hydrogens is 546 g/mol. The number of ether oxygens (including phenoxy) is 1. The Morgan fingerprint density at radius 1 is 1.12 bits per heavy atom. The molecule has 0 aliphatic carbocycles. The van der Waals surface area contributed by atoms with Crippen molar-refractivity contribution >= 4 is 29.7 Å². The molecule has 1 aliphatic rings. The van der Waals surface area contributed by atoms with Gasteiger partial charge in [0.05, 0.1) is 17.6 Å². The van der Waals surface area contributed by atoms with Gasteiger partial charge in [0.2, 0.25) is 17.7 Å². The fourth-order valence-electron chi connectivity index (χ4n) is 5.00. The summed E-state index contributed by atoms with van der Waals surface area (Å²) < 4.78 is 6.32. The minimum Gasteiger partial charge on any atom is -0.372 e. The zero-order chi connectivity index (χ0) is 32.3. The maximum Gasteiger partial charge on any atom is 0.258 e. The van der Waals surface area contributed by atoms with Crippen LogP contribution in [0.25, 0.3) is 6.08 Å². The molecule has 43 heavy (non-hydrogen) atoms. The molecule has 4 amide bonds. The predicted molar refractivity (Wildman–Crippen MR) is 169 cm³/mol. The monoisotopic (exact) mass is 599 g/mol. The largest absolute Gasteiger partial charge is 0.372 e. The highest BCUT2D eigenvalue weighted by Crippen LogP contribution is 2.22. The summed E-state index contributed by atoms with van der Waals surface area (Å²) in [4.78, 5) is 51.3. The number of hydrazine groups is 1. The standard InChI is InChI=1S/C33H53N5O5/c1-9-24-15-12-16-25(20-24)14-10-11-18-27(43-33(6,7)8)22(4)30(40)36-28(21(2)3)31(41)35-23(5)32(42)38-19-13-17-26(37-38)29(34)39/h10,12,14-16,20-23,26-28,37H,9,11,13,17-19H2,1-8H3,(H2,34,39)(H,35,41)(H,36,40)/b14-10+. The van der Waals surface area contributed by atoms with E-state index in [9.17, 15) is 19.2 Å².